The summed E-state index contributed by atoms with van der Waals surface area (Å²) >= 11 is 1.73. The van der Waals surface area contributed by atoms with Gasteiger partial charge in [-0.1, -0.05) is 25.0 Å². The lowest BCUT2D eigenvalue weighted by Gasteiger charge is -2.34. The molecule has 0 radical (unpaired) electrons. The normalized spacial score (nSPS) is 25.3. The molecule has 2 atom stereocenters. The predicted molar refractivity (Wildman–Crippen MR) is 106 cm³/mol. The van der Waals surface area contributed by atoms with Gasteiger partial charge in [0.25, 0.3) is 0 Å². The first-order chi connectivity index (χ1) is 12.6. The van der Waals surface area contributed by atoms with Gasteiger partial charge in [-0.15, -0.1) is 11.3 Å². The standard InChI is InChI=1S/C20H29N3O2S/c21-20(25)16-6-4-12-23(14-16)19(24)15-22-11-3-1-2-7-17(22)9-10-18-8-5-13-26-18/h5,8-10,13,16-17H,1-4,6-7,11-12,14-15H2,(H2,21,25)/b10-9+. The van der Waals surface area contributed by atoms with Crippen LogP contribution in [-0.2, 0) is 9.59 Å². The lowest BCUT2D eigenvalue weighted by molar-refractivity contribution is -0.136. The van der Waals surface area contributed by atoms with Gasteiger partial charge in [-0.25, -0.2) is 0 Å². The van der Waals surface area contributed by atoms with Crippen molar-refractivity contribution < 1.29 is 9.59 Å². The van der Waals surface area contributed by atoms with E-state index in [-0.39, 0.29) is 17.7 Å². The van der Waals surface area contributed by atoms with E-state index in [1.165, 1.54) is 17.7 Å². The highest BCUT2D eigenvalue weighted by Crippen LogP contribution is 2.21. The lowest BCUT2D eigenvalue weighted by atomic mass is 9.97. The number of piperidine rings is 1. The van der Waals surface area contributed by atoms with Crippen LogP contribution >= 0.6 is 11.3 Å². The van der Waals surface area contributed by atoms with Gasteiger partial charge in [-0.2, -0.15) is 0 Å². The number of thiophene rings is 1. The van der Waals surface area contributed by atoms with E-state index in [1.54, 1.807) is 11.3 Å². The Morgan fingerprint density at radius 2 is 2.08 bits per heavy atom. The number of hydrogen-bond acceptors (Lipinski definition) is 4. The first-order valence-electron chi connectivity index (χ1n) is 9.66. The van der Waals surface area contributed by atoms with Crippen molar-refractivity contribution in [1.82, 2.24) is 9.80 Å². The second-order valence-electron chi connectivity index (χ2n) is 7.34. The second-order valence-corrected chi connectivity index (χ2v) is 8.32. The number of carbonyl (C=O) groups excluding carboxylic acids is 2. The number of hydrogen-bond donors (Lipinski definition) is 1. The van der Waals surface area contributed by atoms with Gasteiger partial charge in [0.1, 0.15) is 0 Å². The molecule has 2 N–H and O–H groups in total. The van der Waals surface area contributed by atoms with Gasteiger partial charge in [0.15, 0.2) is 0 Å². The van der Waals surface area contributed by atoms with E-state index < -0.39 is 0 Å². The van der Waals surface area contributed by atoms with E-state index in [0.717, 1.165) is 38.8 Å². The Morgan fingerprint density at radius 1 is 1.19 bits per heavy atom. The average Bonchev–Trinajstić information content (AvgIpc) is 3.07. The van der Waals surface area contributed by atoms with Crippen molar-refractivity contribution in [2.75, 3.05) is 26.2 Å². The number of amides is 2. The lowest BCUT2D eigenvalue weighted by Crippen LogP contribution is -2.49. The Morgan fingerprint density at radius 3 is 2.85 bits per heavy atom. The molecule has 0 spiro atoms. The maximum Gasteiger partial charge on any atom is 0.236 e. The molecule has 0 saturated carbocycles. The average molecular weight is 376 g/mol. The third-order valence-electron chi connectivity index (χ3n) is 5.45. The van der Waals surface area contributed by atoms with Gasteiger partial charge in [0.05, 0.1) is 12.5 Å². The quantitative estimate of drug-likeness (QED) is 0.860. The van der Waals surface area contributed by atoms with Gasteiger partial charge in [-0.3, -0.25) is 14.5 Å². The topological polar surface area (TPSA) is 66.6 Å². The van der Waals surface area contributed by atoms with E-state index in [9.17, 15) is 9.59 Å². The molecule has 3 heterocycles. The van der Waals surface area contributed by atoms with Crippen LogP contribution in [0.4, 0.5) is 0 Å². The largest absolute Gasteiger partial charge is 0.369 e. The fourth-order valence-corrected chi connectivity index (χ4v) is 4.54. The third kappa shape index (κ3) is 5.17. The first-order valence-corrected chi connectivity index (χ1v) is 10.5. The van der Waals surface area contributed by atoms with Gasteiger partial charge in [-0.05, 0) is 49.8 Å². The predicted octanol–water partition coefficient (Wildman–Crippen LogP) is 2.73. The van der Waals surface area contributed by atoms with E-state index in [0.29, 0.717) is 19.1 Å². The van der Waals surface area contributed by atoms with Crippen LogP contribution in [0.25, 0.3) is 6.08 Å². The molecule has 5 nitrogen and oxygen atoms in total. The van der Waals surface area contributed by atoms with Crippen LogP contribution in [0.1, 0.15) is 43.4 Å². The summed E-state index contributed by atoms with van der Waals surface area (Å²) in [6.07, 6.45) is 10.8. The molecule has 2 saturated heterocycles. The fraction of sp³-hybridized carbons (Fsp3) is 0.600. The molecule has 0 aliphatic carbocycles. The Balaban J connectivity index is 1.62. The molecule has 2 amide bonds. The smallest absolute Gasteiger partial charge is 0.236 e. The highest BCUT2D eigenvalue weighted by atomic mass is 32.1. The van der Waals surface area contributed by atoms with Crippen LogP contribution in [0, 0.1) is 5.92 Å². The molecule has 0 aromatic carbocycles. The van der Waals surface area contributed by atoms with Gasteiger partial charge < -0.3 is 10.6 Å². The number of rotatable bonds is 5. The summed E-state index contributed by atoms with van der Waals surface area (Å²) in [5.41, 5.74) is 5.45. The molecule has 1 aromatic heterocycles. The summed E-state index contributed by atoms with van der Waals surface area (Å²) in [6.45, 7) is 2.62. The molecule has 26 heavy (non-hydrogen) atoms. The fourth-order valence-electron chi connectivity index (χ4n) is 3.91. The molecule has 2 aliphatic rings. The third-order valence-corrected chi connectivity index (χ3v) is 6.29. The summed E-state index contributed by atoms with van der Waals surface area (Å²) in [6, 6.07) is 4.48. The number of nitrogens with zero attached hydrogens (tertiary/aromatic N) is 2. The Bertz CT molecular complexity index is 629. The molecule has 2 aliphatic heterocycles. The van der Waals surface area contributed by atoms with E-state index >= 15 is 0 Å². The van der Waals surface area contributed by atoms with Crippen molar-refractivity contribution in [3.63, 3.8) is 0 Å². The highest BCUT2D eigenvalue weighted by molar-refractivity contribution is 7.10. The van der Waals surface area contributed by atoms with Crippen LogP contribution in [0.2, 0.25) is 0 Å². The van der Waals surface area contributed by atoms with Crippen molar-refractivity contribution in [2.24, 2.45) is 11.7 Å². The summed E-state index contributed by atoms with van der Waals surface area (Å²) in [4.78, 5) is 29.7. The van der Waals surface area contributed by atoms with Crippen molar-refractivity contribution in [2.45, 2.75) is 44.6 Å². The van der Waals surface area contributed by atoms with Gasteiger partial charge in [0, 0.05) is 24.0 Å². The molecular formula is C20H29N3O2S. The SMILES string of the molecule is NC(=O)C1CCCN(C(=O)CN2CCCCCC2/C=C/c2cccs2)C1. The minimum absolute atomic E-state index is 0.132. The number of primary amides is 1. The minimum Gasteiger partial charge on any atom is -0.369 e. The summed E-state index contributed by atoms with van der Waals surface area (Å²) in [7, 11) is 0. The zero-order valence-corrected chi connectivity index (χ0v) is 16.1. The van der Waals surface area contributed by atoms with Crippen LogP contribution in [0.5, 0.6) is 0 Å². The van der Waals surface area contributed by atoms with Gasteiger partial charge >= 0.3 is 0 Å². The second kappa shape index (κ2) is 9.33. The number of carbonyl (C=O) groups is 2. The molecule has 2 unspecified atom stereocenters. The van der Waals surface area contributed by atoms with E-state index in [1.807, 2.05) is 4.90 Å². The highest BCUT2D eigenvalue weighted by Gasteiger charge is 2.29. The van der Waals surface area contributed by atoms with Crippen LogP contribution in [0.15, 0.2) is 23.6 Å². The molecule has 0 bridgehead atoms. The monoisotopic (exact) mass is 375 g/mol. The van der Waals surface area contributed by atoms with Crippen molar-refractivity contribution >= 4 is 29.2 Å². The van der Waals surface area contributed by atoms with Crippen LogP contribution in [-0.4, -0.2) is 53.8 Å². The Kier molecular flexibility index (Phi) is 6.86. The summed E-state index contributed by atoms with van der Waals surface area (Å²) in [5, 5.41) is 2.08. The van der Waals surface area contributed by atoms with Crippen molar-refractivity contribution in [3.05, 3.63) is 28.5 Å². The molecule has 1 aromatic rings. The van der Waals surface area contributed by atoms with E-state index in [2.05, 4.69) is 34.6 Å². The molecule has 142 valence electrons. The van der Waals surface area contributed by atoms with Gasteiger partial charge in [0.2, 0.25) is 11.8 Å². The molecule has 2 fully saturated rings. The maximum absolute atomic E-state index is 12.8. The van der Waals surface area contributed by atoms with E-state index in [4.69, 9.17) is 5.73 Å². The Labute approximate surface area is 159 Å². The van der Waals surface area contributed by atoms with Crippen LogP contribution in [0.3, 0.4) is 0 Å². The van der Waals surface area contributed by atoms with Crippen molar-refractivity contribution in [3.8, 4) is 0 Å². The zero-order chi connectivity index (χ0) is 18.4. The Hall–Kier alpha value is -1.66. The molecular weight excluding hydrogens is 346 g/mol. The molecule has 3 rings (SSSR count). The number of likely N-dealkylation sites (tertiary alicyclic amines) is 2. The van der Waals surface area contributed by atoms with Crippen molar-refractivity contribution in [1.29, 1.82) is 0 Å². The maximum atomic E-state index is 12.8. The first kappa shape index (κ1) is 19.1. The minimum atomic E-state index is -0.283. The zero-order valence-electron chi connectivity index (χ0n) is 15.3. The number of nitrogens with two attached hydrogens (primary N) is 1. The van der Waals surface area contributed by atoms with Crippen LogP contribution < -0.4 is 5.73 Å². The molecule has 6 heteroatoms. The summed E-state index contributed by atoms with van der Waals surface area (Å²) in [5.74, 6) is -0.340. The summed E-state index contributed by atoms with van der Waals surface area (Å²) < 4.78 is 0.